The number of rotatable bonds is 9. The molecule has 196 valence electrons. The van der Waals surface area contributed by atoms with Crippen LogP contribution < -0.4 is 10.1 Å². The van der Waals surface area contributed by atoms with Crippen LogP contribution in [0.4, 0.5) is 17.6 Å². The van der Waals surface area contributed by atoms with Crippen LogP contribution in [0.5, 0.6) is 5.88 Å². The van der Waals surface area contributed by atoms with Crippen LogP contribution in [0.2, 0.25) is 0 Å². The van der Waals surface area contributed by atoms with Crippen LogP contribution in [0.25, 0.3) is 10.9 Å². The number of fused-ring (bicyclic) bond motifs is 1. The fourth-order valence-electron chi connectivity index (χ4n) is 4.54. The van der Waals surface area contributed by atoms with Gasteiger partial charge in [0.25, 0.3) is 0 Å². The average molecular weight is 516 g/mol. The molecule has 0 aliphatic carbocycles. The highest BCUT2D eigenvalue weighted by atomic mass is 19.4. The maximum Gasteiger partial charge on any atom is 0.431 e. The van der Waals surface area contributed by atoms with E-state index in [1.807, 2.05) is 30.3 Å². The number of aromatic nitrogens is 2. The molecule has 0 bridgehead atoms. The zero-order valence-electron chi connectivity index (χ0n) is 20.8. The van der Waals surface area contributed by atoms with Crippen molar-refractivity contribution in [1.82, 2.24) is 15.3 Å². The van der Waals surface area contributed by atoms with Gasteiger partial charge in [-0.3, -0.25) is 5.32 Å². The molecule has 5 nitrogen and oxygen atoms in total. The Morgan fingerprint density at radius 1 is 1.03 bits per heavy atom. The Bertz CT molecular complexity index is 1370. The number of aromatic amines is 1. The van der Waals surface area contributed by atoms with E-state index in [4.69, 9.17) is 4.74 Å². The molecule has 0 amide bonds. The van der Waals surface area contributed by atoms with E-state index in [9.17, 15) is 22.7 Å². The number of H-pyrrole nitrogens is 1. The Hall–Kier alpha value is -3.43. The summed E-state index contributed by atoms with van der Waals surface area (Å²) in [5.41, 5.74) is -1.32. The first kappa shape index (κ1) is 26.6. The average Bonchev–Trinajstić information content (AvgIpc) is 3.25. The molecule has 0 saturated carbocycles. The molecule has 0 aliphatic heterocycles. The number of benzene rings is 2. The second-order valence-corrected chi connectivity index (χ2v) is 9.91. The lowest BCUT2D eigenvalue weighted by Gasteiger charge is -2.39. The van der Waals surface area contributed by atoms with Gasteiger partial charge < -0.3 is 14.8 Å². The number of halogens is 4. The fourth-order valence-corrected chi connectivity index (χ4v) is 4.54. The third-order valence-corrected chi connectivity index (χ3v) is 6.43. The van der Waals surface area contributed by atoms with Gasteiger partial charge in [-0.05, 0) is 47.2 Å². The first-order valence-corrected chi connectivity index (χ1v) is 11.8. The standard InChI is InChI=1S/C28H29F4N3O2/c1-18-9-10-21(29)13-23(18)26(2,3)17-27(36,28(30,31)32)34-14-22-11-20-12-25(33-15-24(20)35-22)37-16-19-7-5-4-6-8-19/h4-13,15,34-36H,14,16-17H2,1-3H3. The van der Waals surface area contributed by atoms with E-state index < -0.39 is 29.6 Å². The summed E-state index contributed by atoms with van der Waals surface area (Å²) in [5.74, 6) is -0.162. The van der Waals surface area contributed by atoms with Crippen molar-refractivity contribution in [1.29, 1.82) is 0 Å². The van der Waals surface area contributed by atoms with E-state index in [1.165, 1.54) is 18.2 Å². The number of nitrogens with zero attached hydrogens (tertiary/aromatic N) is 1. The van der Waals surface area contributed by atoms with Gasteiger partial charge in [-0.2, -0.15) is 13.2 Å². The molecule has 0 aliphatic rings. The van der Waals surface area contributed by atoms with Gasteiger partial charge in [0.15, 0.2) is 0 Å². The first-order valence-electron chi connectivity index (χ1n) is 11.8. The second-order valence-electron chi connectivity index (χ2n) is 9.91. The second kappa shape index (κ2) is 10.1. The summed E-state index contributed by atoms with van der Waals surface area (Å²) in [6.07, 6.45) is -4.14. The molecule has 2 aromatic heterocycles. The smallest absolute Gasteiger partial charge is 0.431 e. The molecule has 0 radical (unpaired) electrons. The van der Waals surface area contributed by atoms with Crippen molar-refractivity contribution in [2.45, 2.75) is 57.7 Å². The third kappa shape index (κ3) is 6.11. The Balaban J connectivity index is 1.50. The van der Waals surface area contributed by atoms with Crippen LogP contribution in [0.1, 0.15) is 42.7 Å². The molecule has 1 atom stereocenters. The lowest BCUT2D eigenvalue weighted by atomic mass is 9.75. The minimum Gasteiger partial charge on any atom is -0.473 e. The summed E-state index contributed by atoms with van der Waals surface area (Å²) < 4.78 is 61.9. The summed E-state index contributed by atoms with van der Waals surface area (Å²) in [5, 5.41) is 13.8. The lowest BCUT2D eigenvalue weighted by Crippen LogP contribution is -2.59. The number of ether oxygens (including phenoxy) is 1. The first-order chi connectivity index (χ1) is 17.4. The minimum atomic E-state index is -4.97. The van der Waals surface area contributed by atoms with Crippen molar-refractivity contribution in [3.63, 3.8) is 0 Å². The molecule has 4 rings (SSSR count). The van der Waals surface area contributed by atoms with Gasteiger partial charge in [0.05, 0.1) is 11.7 Å². The van der Waals surface area contributed by atoms with Gasteiger partial charge in [0.2, 0.25) is 11.6 Å². The van der Waals surface area contributed by atoms with E-state index in [0.717, 1.165) is 5.56 Å². The van der Waals surface area contributed by atoms with Gasteiger partial charge in [-0.25, -0.2) is 9.37 Å². The fraction of sp³-hybridized carbons (Fsp3) is 0.321. The van der Waals surface area contributed by atoms with Gasteiger partial charge in [0.1, 0.15) is 12.4 Å². The molecule has 0 fully saturated rings. The minimum absolute atomic E-state index is 0.289. The number of nitrogens with one attached hydrogen (secondary N) is 2. The van der Waals surface area contributed by atoms with E-state index >= 15 is 0 Å². The molecule has 4 aromatic rings. The summed E-state index contributed by atoms with van der Waals surface area (Å²) >= 11 is 0. The van der Waals surface area contributed by atoms with Crippen molar-refractivity contribution in [2.24, 2.45) is 0 Å². The lowest BCUT2D eigenvalue weighted by molar-refractivity contribution is -0.280. The zero-order valence-corrected chi connectivity index (χ0v) is 20.8. The van der Waals surface area contributed by atoms with Crippen molar-refractivity contribution in [3.8, 4) is 5.88 Å². The van der Waals surface area contributed by atoms with Crippen LogP contribution in [0.3, 0.4) is 0 Å². The highest BCUT2D eigenvalue weighted by Crippen LogP contribution is 2.41. The quantitative estimate of drug-likeness (QED) is 0.181. The molecule has 2 aromatic carbocycles. The largest absolute Gasteiger partial charge is 0.473 e. The summed E-state index contributed by atoms with van der Waals surface area (Å²) in [6.45, 7) is 4.85. The topological polar surface area (TPSA) is 70.2 Å². The molecular weight excluding hydrogens is 486 g/mol. The summed E-state index contributed by atoms with van der Waals surface area (Å²) in [7, 11) is 0. The van der Waals surface area contributed by atoms with Crippen molar-refractivity contribution >= 4 is 10.9 Å². The highest BCUT2D eigenvalue weighted by molar-refractivity contribution is 5.80. The molecule has 1 unspecified atom stereocenters. The van der Waals surface area contributed by atoms with Crippen molar-refractivity contribution in [2.75, 3.05) is 0 Å². The normalized spacial score (nSPS) is 14.1. The van der Waals surface area contributed by atoms with E-state index in [-0.39, 0.29) is 6.54 Å². The maximum atomic E-state index is 14.1. The van der Waals surface area contributed by atoms with Crippen LogP contribution in [0, 0.1) is 12.7 Å². The highest BCUT2D eigenvalue weighted by Gasteiger charge is 2.56. The molecule has 0 saturated heterocycles. The Labute approximate surface area is 212 Å². The predicted molar refractivity (Wildman–Crippen MR) is 133 cm³/mol. The van der Waals surface area contributed by atoms with Crippen LogP contribution >= 0.6 is 0 Å². The van der Waals surface area contributed by atoms with Crippen molar-refractivity contribution in [3.05, 3.63) is 95.1 Å². The number of alkyl halides is 3. The monoisotopic (exact) mass is 515 g/mol. The summed E-state index contributed by atoms with van der Waals surface area (Å²) in [6, 6.07) is 16.9. The van der Waals surface area contributed by atoms with E-state index in [1.54, 1.807) is 39.1 Å². The number of hydrogen-bond acceptors (Lipinski definition) is 4. The van der Waals surface area contributed by atoms with Gasteiger partial charge in [-0.1, -0.05) is 50.2 Å². The summed E-state index contributed by atoms with van der Waals surface area (Å²) in [4.78, 5) is 7.27. The number of aryl methyl sites for hydroxylation is 1. The Morgan fingerprint density at radius 3 is 2.46 bits per heavy atom. The Kier molecular flexibility index (Phi) is 7.30. The number of pyridine rings is 1. The zero-order chi connectivity index (χ0) is 26.8. The molecule has 9 heteroatoms. The third-order valence-electron chi connectivity index (χ3n) is 6.43. The SMILES string of the molecule is Cc1ccc(F)cc1C(C)(C)CC(O)(NCc1cc2cc(OCc3ccccc3)ncc2[nH]1)C(F)(F)F. The number of hydrogen-bond donors (Lipinski definition) is 3. The molecule has 2 heterocycles. The van der Waals surface area contributed by atoms with E-state index in [2.05, 4.69) is 15.3 Å². The predicted octanol–water partition coefficient (Wildman–Crippen LogP) is 6.30. The van der Waals surface area contributed by atoms with Gasteiger partial charge in [-0.15, -0.1) is 0 Å². The van der Waals surface area contributed by atoms with Crippen LogP contribution in [0.15, 0.2) is 66.9 Å². The van der Waals surface area contributed by atoms with Crippen LogP contribution in [-0.2, 0) is 18.6 Å². The molecule has 3 N–H and O–H groups in total. The molecular formula is C28H29F4N3O2. The maximum absolute atomic E-state index is 14.1. The van der Waals surface area contributed by atoms with Gasteiger partial charge in [0, 0.05) is 30.1 Å². The molecule has 0 spiro atoms. The Morgan fingerprint density at radius 2 is 1.76 bits per heavy atom. The van der Waals surface area contributed by atoms with Crippen LogP contribution in [-0.4, -0.2) is 27.0 Å². The number of aliphatic hydroxyl groups is 1. The van der Waals surface area contributed by atoms with Gasteiger partial charge >= 0.3 is 6.18 Å². The molecule has 37 heavy (non-hydrogen) atoms. The van der Waals surface area contributed by atoms with Crippen molar-refractivity contribution < 1.29 is 27.4 Å². The van der Waals surface area contributed by atoms with E-state index in [0.29, 0.717) is 40.2 Å².